The number of benzene rings is 1. The van der Waals surface area contributed by atoms with Gasteiger partial charge in [-0.2, -0.15) is 13.2 Å². The van der Waals surface area contributed by atoms with E-state index < -0.39 is 29.0 Å². The number of hydrogen-bond acceptors (Lipinski definition) is 3. The van der Waals surface area contributed by atoms with Crippen molar-refractivity contribution in [2.45, 2.75) is 75.5 Å². The number of piperidine rings is 1. The van der Waals surface area contributed by atoms with Gasteiger partial charge in [0.1, 0.15) is 0 Å². The molecule has 2 aliphatic heterocycles. The van der Waals surface area contributed by atoms with Crippen molar-refractivity contribution < 1.29 is 27.6 Å². The van der Waals surface area contributed by atoms with Gasteiger partial charge in [0.2, 0.25) is 17.7 Å². The Morgan fingerprint density at radius 1 is 1.17 bits per heavy atom. The largest absolute Gasteiger partial charge is 0.416 e. The van der Waals surface area contributed by atoms with E-state index in [1.165, 1.54) is 17.0 Å². The van der Waals surface area contributed by atoms with Gasteiger partial charge in [-0.1, -0.05) is 18.2 Å². The van der Waals surface area contributed by atoms with Crippen molar-refractivity contribution in [1.29, 1.82) is 0 Å². The molecule has 8 heteroatoms. The van der Waals surface area contributed by atoms with Gasteiger partial charge in [0.15, 0.2) is 0 Å². The summed E-state index contributed by atoms with van der Waals surface area (Å²) >= 11 is 0. The molecule has 2 unspecified atom stereocenters. The summed E-state index contributed by atoms with van der Waals surface area (Å²) in [5.74, 6) is -1.22. The van der Waals surface area contributed by atoms with E-state index >= 15 is 0 Å². The maximum Gasteiger partial charge on any atom is 0.416 e. The van der Waals surface area contributed by atoms with Crippen LogP contribution in [-0.4, -0.2) is 46.1 Å². The zero-order valence-electron chi connectivity index (χ0n) is 16.9. The maximum absolute atomic E-state index is 13.4. The number of carbonyl (C=O) groups excluding carboxylic acids is 3. The van der Waals surface area contributed by atoms with Gasteiger partial charge in [-0.25, -0.2) is 0 Å². The summed E-state index contributed by atoms with van der Waals surface area (Å²) in [6, 6.07) is 4.35. The molecule has 2 atom stereocenters. The molecule has 2 saturated heterocycles. The van der Waals surface area contributed by atoms with Gasteiger partial charge in [-0.05, 0) is 50.7 Å². The van der Waals surface area contributed by atoms with Crippen LogP contribution < -0.4 is 0 Å². The molecule has 1 aromatic rings. The molecule has 0 N–H and O–H groups in total. The lowest BCUT2D eigenvalue weighted by Gasteiger charge is -2.36. The number of alkyl halides is 3. The summed E-state index contributed by atoms with van der Waals surface area (Å²) in [6.07, 6.45) is -1.01. The third-order valence-corrected chi connectivity index (χ3v) is 6.58. The molecular weight excluding hydrogens is 397 g/mol. The van der Waals surface area contributed by atoms with E-state index in [1.54, 1.807) is 4.90 Å². The van der Waals surface area contributed by atoms with Crippen LogP contribution in [0.25, 0.3) is 0 Å². The van der Waals surface area contributed by atoms with E-state index in [4.69, 9.17) is 0 Å². The first kappa shape index (κ1) is 20.9. The monoisotopic (exact) mass is 422 g/mol. The van der Waals surface area contributed by atoms with Gasteiger partial charge in [-0.15, -0.1) is 0 Å². The van der Waals surface area contributed by atoms with Gasteiger partial charge in [0.05, 0.1) is 11.0 Å². The maximum atomic E-state index is 13.4. The molecule has 0 aromatic heterocycles. The number of nitrogens with zero attached hydrogens (tertiary/aromatic N) is 2. The normalized spacial score (nSPS) is 27.7. The van der Waals surface area contributed by atoms with Crippen molar-refractivity contribution >= 4 is 17.7 Å². The Balaban J connectivity index is 1.74. The Morgan fingerprint density at radius 3 is 2.53 bits per heavy atom. The predicted molar refractivity (Wildman–Crippen MR) is 102 cm³/mol. The Kier molecular flexibility index (Phi) is 5.14. The summed E-state index contributed by atoms with van der Waals surface area (Å²) in [5, 5.41) is 0. The molecule has 3 fully saturated rings. The number of amides is 3. The molecule has 1 aliphatic carbocycles. The van der Waals surface area contributed by atoms with Crippen LogP contribution in [0.2, 0.25) is 0 Å². The highest BCUT2D eigenvalue weighted by molar-refractivity contribution is 6.11. The lowest BCUT2D eigenvalue weighted by molar-refractivity contribution is -0.144. The van der Waals surface area contributed by atoms with Gasteiger partial charge < -0.3 is 4.90 Å². The Hall–Kier alpha value is -2.38. The minimum Gasteiger partial charge on any atom is -0.340 e. The van der Waals surface area contributed by atoms with Crippen LogP contribution in [0.4, 0.5) is 13.2 Å². The van der Waals surface area contributed by atoms with Gasteiger partial charge >= 0.3 is 6.18 Å². The van der Waals surface area contributed by atoms with Gasteiger partial charge in [-0.3, -0.25) is 19.3 Å². The van der Waals surface area contributed by atoms with E-state index in [1.807, 2.05) is 6.92 Å². The zero-order valence-corrected chi connectivity index (χ0v) is 16.9. The van der Waals surface area contributed by atoms with E-state index in [2.05, 4.69) is 0 Å². The van der Waals surface area contributed by atoms with Crippen LogP contribution in [0.1, 0.15) is 63.0 Å². The van der Waals surface area contributed by atoms with Crippen LogP contribution in [0, 0.1) is 0 Å². The molecule has 1 saturated carbocycles. The Morgan fingerprint density at radius 2 is 1.90 bits per heavy atom. The van der Waals surface area contributed by atoms with E-state index in [0.29, 0.717) is 19.4 Å². The van der Waals surface area contributed by atoms with Crippen LogP contribution in [-0.2, 0) is 26.0 Å². The van der Waals surface area contributed by atoms with E-state index in [0.717, 1.165) is 31.4 Å². The predicted octanol–water partition coefficient (Wildman–Crippen LogP) is 3.66. The minimum absolute atomic E-state index is 0.0107. The summed E-state index contributed by atoms with van der Waals surface area (Å²) in [6.45, 7) is 2.50. The fourth-order valence-corrected chi connectivity index (χ4v) is 4.75. The molecule has 4 rings (SSSR count). The SMILES string of the molecule is CC1CCCCN1C(=O)CC1(c2cccc(C(F)(F)F)c2)CC(=O)N(C2CC2)C1=O. The van der Waals surface area contributed by atoms with Crippen LogP contribution >= 0.6 is 0 Å². The van der Waals surface area contributed by atoms with E-state index in [9.17, 15) is 27.6 Å². The van der Waals surface area contributed by atoms with Crippen molar-refractivity contribution in [2.24, 2.45) is 0 Å². The highest BCUT2D eigenvalue weighted by atomic mass is 19.4. The van der Waals surface area contributed by atoms with Crippen molar-refractivity contribution in [2.75, 3.05) is 6.54 Å². The summed E-state index contributed by atoms with van der Waals surface area (Å²) < 4.78 is 40.0. The first-order valence-corrected chi connectivity index (χ1v) is 10.5. The highest BCUT2D eigenvalue weighted by Crippen LogP contribution is 2.45. The Bertz CT molecular complexity index is 881. The van der Waals surface area contributed by atoms with Gasteiger partial charge in [0.25, 0.3) is 0 Å². The number of rotatable bonds is 4. The molecular formula is C22H25F3N2O3. The smallest absolute Gasteiger partial charge is 0.340 e. The number of hydrogen-bond donors (Lipinski definition) is 0. The van der Waals surface area contributed by atoms with Crippen molar-refractivity contribution in [3.63, 3.8) is 0 Å². The second kappa shape index (κ2) is 7.39. The average Bonchev–Trinajstić information content (AvgIpc) is 3.48. The van der Waals surface area contributed by atoms with Crippen LogP contribution in [0.3, 0.4) is 0 Å². The quantitative estimate of drug-likeness (QED) is 0.696. The number of imide groups is 1. The summed E-state index contributed by atoms with van der Waals surface area (Å²) in [4.78, 5) is 42.2. The topological polar surface area (TPSA) is 57.7 Å². The second-order valence-electron chi connectivity index (χ2n) is 8.75. The molecule has 2 heterocycles. The second-order valence-corrected chi connectivity index (χ2v) is 8.75. The van der Waals surface area contributed by atoms with E-state index in [-0.39, 0.29) is 36.4 Å². The number of carbonyl (C=O) groups is 3. The lowest BCUT2D eigenvalue weighted by Crippen LogP contribution is -2.47. The van der Waals surface area contributed by atoms with Crippen LogP contribution in [0.15, 0.2) is 24.3 Å². The molecule has 3 aliphatic rings. The first-order chi connectivity index (χ1) is 14.1. The molecule has 0 spiro atoms. The molecule has 5 nitrogen and oxygen atoms in total. The van der Waals surface area contributed by atoms with Crippen molar-refractivity contribution in [3.8, 4) is 0 Å². The number of halogens is 3. The molecule has 162 valence electrons. The lowest BCUT2D eigenvalue weighted by atomic mass is 9.75. The number of likely N-dealkylation sites (tertiary alicyclic amines) is 2. The fraction of sp³-hybridized carbons (Fsp3) is 0.591. The standard InChI is InChI=1S/C22H25F3N2O3/c1-14-5-2-3-10-26(14)18(28)12-21(13-19(29)27(20(21)30)17-8-9-17)15-6-4-7-16(11-15)22(23,24)25/h4,6-7,11,14,17H,2-3,5,8-10,12-13H2,1H3. The Labute approximate surface area is 173 Å². The third kappa shape index (κ3) is 3.61. The minimum atomic E-state index is -4.58. The van der Waals surface area contributed by atoms with Crippen LogP contribution in [0.5, 0.6) is 0 Å². The molecule has 30 heavy (non-hydrogen) atoms. The van der Waals surface area contributed by atoms with Crippen molar-refractivity contribution in [3.05, 3.63) is 35.4 Å². The van der Waals surface area contributed by atoms with Gasteiger partial charge in [0, 0.05) is 31.5 Å². The molecule has 0 radical (unpaired) electrons. The molecule has 1 aromatic carbocycles. The molecule has 0 bridgehead atoms. The summed E-state index contributed by atoms with van der Waals surface area (Å²) in [7, 11) is 0. The zero-order chi connectivity index (χ0) is 21.7. The molecule has 3 amide bonds. The van der Waals surface area contributed by atoms with Crippen molar-refractivity contribution in [1.82, 2.24) is 9.80 Å². The average molecular weight is 422 g/mol. The fourth-order valence-electron chi connectivity index (χ4n) is 4.75. The highest BCUT2D eigenvalue weighted by Gasteiger charge is 2.57. The first-order valence-electron chi connectivity index (χ1n) is 10.5. The third-order valence-electron chi connectivity index (χ3n) is 6.58. The summed E-state index contributed by atoms with van der Waals surface area (Å²) in [5.41, 5.74) is -2.37.